The summed E-state index contributed by atoms with van der Waals surface area (Å²) in [7, 11) is 0. The van der Waals surface area contributed by atoms with E-state index in [2.05, 4.69) is 20.8 Å². The molecule has 2 nitrogen and oxygen atoms in total. The first-order chi connectivity index (χ1) is 14.5. The molecule has 0 bridgehead atoms. The van der Waals surface area contributed by atoms with E-state index in [1.807, 2.05) is 0 Å². The third kappa shape index (κ3) is 19.8. The predicted octanol–water partition coefficient (Wildman–Crippen LogP) is 1.24. The largest absolute Gasteiger partial charge is 1.00 e. The van der Waals surface area contributed by atoms with Gasteiger partial charge in [0, 0.05) is 5.56 Å². The minimum atomic E-state index is -0.692. The Morgan fingerprint density at radius 3 is 1.69 bits per heavy atom. The van der Waals surface area contributed by atoms with Crippen molar-refractivity contribution in [1.29, 1.82) is 0 Å². The minimum Gasteiger partial charge on any atom is -0.849 e. The van der Waals surface area contributed by atoms with E-state index in [0.29, 0.717) is 23.8 Å². The van der Waals surface area contributed by atoms with Gasteiger partial charge in [-0.05, 0) is 36.4 Å². The Kier molecular flexibility index (Phi) is 27.6. The number of hydrogen-bond acceptors (Lipinski definition) is 2. The molecule has 0 aliphatic carbocycles. The molecule has 32 heavy (non-hydrogen) atoms. The fourth-order valence-corrected chi connectivity index (χ4v) is 2.57. The zero-order valence-electron chi connectivity index (χ0n) is 20.4. The molecule has 1 atom stereocenters. The van der Waals surface area contributed by atoms with Gasteiger partial charge < -0.3 is 12.0 Å². The maximum atomic E-state index is 12.6. The van der Waals surface area contributed by atoms with Gasteiger partial charge in [-0.1, -0.05) is 82.9 Å². The van der Waals surface area contributed by atoms with Gasteiger partial charge in [0.25, 0.3) is 0 Å². The summed E-state index contributed by atoms with van der Waals surface area (Å²) in [5.41, 5.74) is 1.20. The minimum absolute atomic E-state index is 0. The molecule has 0 saturated carbocycles. The zero-order valence-corrected chi connectivity index (χ0v) is 20.4. The van der Waals surface area contributed by atoms with Gasteiger partial charge >= 0.3 is 37.7 Å². The third-order valence-electron chi connectivity index (χ3n) is 4.42. The summed E-state index contributed by atoms with van der Waals surface area (Å²) in [6, 6.07) is 11.3. The Morgan fingerprint density at radius 2 is 1.28 bits per heavy atom. The van der Waals surface area contributed by atoms with Gasteiger partial charge in [0.05, 0.1) is 0 Å². The van der Waals surface area contributed by atoms with Crippen LogP contribution >= 0.6 is 0 Å². The van der Waals surface area contributed by atoms with E-state index in [9.17, 15) is 18.7 Å². The molecule has 6 heteroatoms. The first kappa shape index (κ1) is 35.7. The van der Waals surface area contributed by atoms with Gasteiger partial charge in [-0.15, -0.1) is 6.10 Å². The molecular formula is C26H36F2Li2O2. The van der Waals surface area contributed by atoms with E-state index in [4.69, 9.17) is 0 Å². The smallest absolute Gasteiger partial charge is 0.849 e. The van der Waals surface area contributed by atoms with Gasteiger partial charge in [-0.25, -0.2) is 8.78 Å². The first-order valence-electron chi connectivity index (χ1n) is 10.9. The number of carbonyl (C=O) groups is 1. The van der Waals surface area contributed by atoms with Crippen LogP contribution in [0.1, 0.15) is 93.7 Å². The fraction of sp³-hybridized carbons (Fsp3) is 0.462. The summed E-state index contributed by atoms with van der Waals surface area (Å²) in [4.78, 5) is 10.00. The van der Waals surface area contributed by atoms with Crippen LogP contribution in [0.2, 0.25) is 0 Å². The van der Waals surface area contributed by atoms with Crippen molar-refractivity contribution in [3.63, 3.8) is 0 Å². The molecule has 2 aromatic carbocycles. The molecule has 1 unspecified atom stereocenters. The molecule has 0 saturated heterocycles. The summed E-state index contributed by atoms with van der Waals surface area (Å²) in [5.74, 6) is -0.600. The van der Waals surface area contributed by atoms with Gasteiger partial charge in [-0.2, -0.15) is 6.42 Å². The Labute approximate surface area is 217 Å². The molecule has 0 N–H and O–H groups in total. The average Bonchev–Trinajstić information content (AvgIpc) is 2.77. The number of benzene rings is 2. The number of rotatable bonds is 10. The van der Waals surface area contributed by atoms with Crippen LogP contribution in [0.4, 0.5) is 8.78 Å². The van der Waals surface area contributed by atoms with Crippen molar-refractivity contribution < 1.29 is 56.4 Å². The molecule has 168 valence electrons. The predicted molar refractivity (Wildman–Crippen MR) is 119 cm³/mol. The van der Waals surface area contributed by atoms with Crippen LogP contribution in [-0.4, -0.2) is 6.29 Å². The SMILES string of the molecule is CCCCCCC([O-])c1ccc(F)cc1.O=Cc1ccc(F)cc1.[CH2-]CCCCC.[Li+].[Li+]. The average molecular weight is 432 g/mol. The molecular weight excluding hydrogens is 396 g/mol. The quantitative estimate of drug-likeness (QED) is 0.245. The van der Waals surface area contributed by atoms with Crippen LogP contribution < -0.4 is 42.8 Å². The van der Waals surface area contributed by atoms with E-state index >= 15 is 0 Å². The van der Waals surface area contributed by atoms with Crippen molar-refractivity contribution in [1.82, 2.24) is 0 Å². The van der Waals surface area contributed by atoms with Crippen LogP contribution in [0, 0.1) is 18.6 Å². The number of aldehydes is 1. The Bertz CT molecular complexity index is 646. The van der Waals surface area contributed by atoms with Crippen molar-refractivity contribution in [3.8, 4) is 0 Å². The molecule has 0 spiro atoms. The summed E-state index contributed by atoms with van der Waals surface area (Å²) in [6.07, 6.45) is 10.2. The molecule has 0 aliphatic heterocycles. The van der Waals surface area contributed by atoms with Crippen molar-refractivity contribution in [2.75, 3.05) is 0 Å². The summed E-state index contributed by atoms with van der Waals surface area (Å²) in [5, 5.41) is 11.7. The Hall–Kier alpha value is -0.875. The normalized spacial score (nSPS) is 10.2. The van der Waals surface area contributed by atoms with Gasteiger partial charge in [0.15, 0.2) is 0 Å². The van der Waals surface area contributed by atoms with Crippen molar-refractivity contribution >= 4 is 6.29 Å². The van der Waals surface area contributed by atoms with Crippen molar-refractivity contribution in [3.05, 3.63) is 78.2 Å². The molecule has 2 aromatic rings. The van der Waals surface area contributed by atoms with Crippen LogP contribution in [0.5, 0.6) is 0 Å². The van der Waals surface area contributed by atoms with Crippen LogP contribution in [0.15, 0.2) is 48.5 Å². The summed E-state index contributed by atoms with van der Waals surface area (Å²) in [6.45, 7) is 8.07. The van der Waals surface area contributed by atoms with Crippen LogP contribution in [0.3, 0.4) is 0 Å². The second-order valence-electron chi connectivity index (χ2n) is 7.12. The fourth-order valence-electron chi connectivity index (χ4n) is 2.57. The Balaban J connectivity index is -0.000000425. The van der Waals surface area contributed by atoms with E-state index in [0.717, 1.165) is 19.3 Å². The molecule has 0 aromatic heterocycles. The van der Waals surface area contributed by atoms with Crippen LogP contribution in [0.25, 0.3) is 0 Å². The second-order valence-corrected chi connectivity index (χ2v) is 7.12. The third-order valence-corrected chi connectivity index (χ3v) is 4.42. The molecule has 2 rings (SSSR count). The topological polar surface area (TPSA) is 40.1 Å². The number of halogens is 2. The van der Waals surface area contributed by atoms with E-state index in [1.165, 1.54) is 68.5 Å². The number of carbonyl (C=O) groups excluding carboxylic acids is 1. The molecule has 0 radical (unpaired) electrons. The molecule has 0 amide bonds. The number of hydrogen-bond donors (Lipinski definition) is 0. The van der Waals surface area contributed by atoms with Gasteiger partial charge in [-0.3, -0.25) is 4.79 Å². The monoisotopic (exact) mass is 432 g/mol. The van der Waals surface area contributed by atoms with Crippen molar-refractivity contribution in [2.24, 2.45) is 0 Å². The molecule has 0 aliphatic rings. The van der Waals surface area contributed by atoms with E-state index in [-0.39, 0.29) is 49.4 Å². The summed E-state index contributed by atoms with van der Waals surface area (Å²) < 4.78 is 24.7. The molecule has 0 heterocycles. The Morgan fingerprint density at radius 1 is 0.812 bits per heavy atom. The van der Waals surface area contributed by atoms with E-state index in [1.54, 1.807) is 12.1 Å². The maximum absolute atomic E-state index is 12.6. The molecule has 0 fully saturated rings. The van der Waals surface area contributed by atoms with E-state index < -0.39 is 6.10 Å². The van der Waals surface area contributed by atoms with Crippen molar-refractivity contribution in [2.45, 2.75) is 77.7 Å². The standard InChI is InChI=1S/C13H18FO.C7H5FO.C6H13.2Li/c1-2-3-4-5-6-13(15)11-7-9-12(14)10-8-11;8-7-3-1-6(5-9)2-4-7;1-3-5-6-4-2;;/h7-10,13H,2-6H2,1H3;1-5H;1,3-6H2,2H3;;/q-1;;-1;2*+1. The van der Waals surface area contributed by atoms with Crippen LogP contribution in [-0.2, 0) is 0 Å². The zero-order chi connectivity index (χ0) is 22.6. The summed E-state index contributed by atoms with van der Waals surface area (Å²) >= 11 is 0. The first-order valence-corrected chi connectivity index (χ1v) is 10.9. The van der Waals surface area contributed by atoms with Gasteiger partial charge in [0.2, 0.25) is 0 Å². The maximum Gasteiger partial charge on any atom is 1.00 e. The van der Waals surface area contributed by atoms with Gasteiger partial charge in [0.1, 0.15) is 17.9 Å². The second kappa shape index (κ2) is 24.8. The number of unbranched alkanes of at least 4 members (excludes halogenated alkanes) is 6.